The van der Waals surface area contributed by atoms with Crippen LogP contribution < -0.4 is 10.1 Å². The number of nitrogens with zero attached hydrogens (tertiary/aromatic N) is 1. The topological polar surface area (TPSA) is 88.4 Å². The summed E-state index contributed by atoms with van der Waals surface area (Å²) in [4.78, 5) is 23.4. The Hall–Kier alpha value is -3.59. The van der Waals surface area contributed by atoms with Gasteiger partial charge >= 0.3 is 5.97 Å². The van der Waals surface area contributed by atoms with Crippen molar-refractivity contribution >= 4 is 18.0 Å². The Morgan fingerprint density at radius 1 is 1.15 bits per heavy atom. The number of amides is 1. The highest BCUT2D eigenvalue weighted by molar-refractivity contribution is 6.01. The number of nitrogens with one attached hydrogen (secondary N) is 1. The molecule has 0 aliphatic carbocycles. The van der Waals surface area contributed by atoms with Gasteiger partial charge in [0.25, 0.3) is 5.91 Å². The van der Waals surface area contributed by atoms with Crippen molar-refractivity contribution in [2.75, 3.05) is 13.7 Å². The van der Waals surface area contributed by atoms with E-state index in [2.05, 4.69) is 10.1 Å². The van der Waals surface area contributed by atoms with Crippen molar-refractivity contribution < 1.29 is 19.1 Å². The first-order valence-corrected chi connectivity index (χ1v) is 8.30. The van der Waals surface area contributed by atoms with Crippen LogP contribution in [0.5, 0.6) is 5.75 Å². The van der Waals surface area contributed by atoms with Gasteiger partial charge in [0.15, 0.2) is 6.61 Å². The standard InChI is InChI=1S/C21H20N2O4/c1-15(17-6-4-3-5-7-17)23-21(25)18(13-22)12-16-8-10-19(11-9-16)27-14-20(24)26-2/h3-12,15H,14H2,1-2H3,(H,23,25)/b18-12+/t15-/m0/s1. The molecule has 1 atom stereocenters. The summed E-state index contributed by atoms with van der Waals surface area (Å²) in [5.74, 6) is -0.437. The molecule has 0 radical (unpaired) electrons. The van der Waals surface area contributed by atoms with Gasteiger partial charge in [0.05, 0.1) is 13.2 Å². The summed E-state index contributed by atoms with van der Waals surface area (Å²) < 4.78 is 9.75. The molecule has 0 aliphatic rings. The van der Waals surface area contributed by atoms with E-state index in [1.807, 2.05) is 43.3 Å². The molecular formula is C21H20N2O4. The number of hydrogen-bond acceptors (Lipinski definition) is 5. The van der Waals surface area contributed by atoms with Crippen LogP contribution in [0, 0.1) is 11.3 Å². The van der Waals surface area contributed by atoms with E-state index in [1.54, 1.807) is 24.3 Å². The van der Waals surface area contributed by atoms with Crippen molar-refractivity contribution in [1.29, 1.82) is 5.26 Å². The van der Waals surface area contributed by atoms with Crippen LogP contribution in [0.3, 0.4) is 0 Å². The van der Waals surface area contributed by atoms with E-state index in [-0.39, 0.29) is 18.2 Å². The Kier molecular flexibility index (Phi) is 7.15. The zero-order chi connectivity index (χ0) is 19.6. The predicted octanol–water partition coefficient (Wildman–Crippen LogP) is 3.02. The van der Waals surface area contributed by atoms with Crippen molar-refractivity contribution in [3.63, 3.8) is 0 Å². The van der Waals surface area contributed by atoms with E-state index < -0.39 is 11.9 Å². The molecule has 1 amide bonds. The third-order valence-electron chi connectivity index (χ3n) is 3.79. The Morgan fingerprint density at radius 3 is 2.41 bits per heavy atom. The Morgan fingerprint density at radius 2 is 1.81 bits per heavy atom. The molecule has 6 heteroatoms. The predicted molar refractivity (Wildman–Crippen MR) is 101 cm³/mol. The van der Waals surface area contributed by atoms with Gasteiger partial charge in [-0.3, -0.25) is 4.79 Å². The second kappa shape index (κ2) is 9.78. The van der Waals surface area contributed by atoms with Crippen LogP contribution in [-0.4, -0.2) is 25.6 Å². The van der Waals surface area contributed by atoms with Crippen LogP contribution in [0.2, 0.25) is 0 Å². The van der Waals surface area contributed by atoms with Crippen LogP contribution in [0.1, 0.15) is 24.1 Å². The lowest BCUT2D eigenvalue weighted by Gasteiger charge is -2.13. The van der Waals surface area contributed by atoms with Crippen LogP contribution >= 0.6 is 0 Å². The van der Waals surface area contributed by atoms with E-state index in [0.717, 1.165) is 5.56 Å². The molecule has 0 saturated carbocycles. The molecule has 0 unspecified atom stereocenters. The lowest BCUT2D eigenvalue weighted by atomic mass is 10.1. The van der Waals surface area contributed by atoms with Gasteiger partial charge in [-0.1, -0.05) is 42.5 Å². The molecule has 138 valence electrons. The molecule has 2 rings (SSSR count). The number of methoxy groups -OCH3 is 1. The van der Waals surface area contributed by atoms with Crippen molar-refractivity contribution in [1.82, 2.24) is 5.32 Å². The first kappa shape index (κ1) is 19.7. The average Bonchev–Trinajstić information content (AvgIpc) is 2.71. The fraction of sp³-hybridized carbons (Fsp3) is 0.190. The van der Waals surface area contributed by atoms with Gasteiger partial charge in [0.1, 0.15) is 17.4 Å². The summed E-state index contributed by atoms with van der Waals surface area (Å²) in [6.45, 7) is 1.67. The number of nitriles is 1. The van der Waals surface area contributed by atoms with Crippen LogP contribution in [0.25, 0.3) is 6.08 Å². The van der Waals surface area contributed by atoms with E-state index >= 15 is 0 Å². The van der Waals surface area contributed by atoms with E-state index in [0.29, 0.717) is 11.3 Å². The van der Waals surface area contributed by atoms with Crippen LogP contribution in [-0.2, 0) is 14.3 Å². The Balaban J connectivity index is 2.03. The molecule has 0 fully saturated rings. The third kappa shape index (κ3) is 6.01. The highest BCUT2D eigenvalue weighted by atomic mass is 16.6. The van der Waals surface area contributed by atoms with E-state index in [9.17, 15) is 14.9 Å². The van der Waals surface area contributed by atoms with Gasteiger partial charge in [-0.25, -0.2) is 4.79 Å². The minimum absolute atomic E-state index is 0.000935. The Bertz CT molecular complexity index is 852. The second-order valence-electron chi connectivity index (χ2n) is 5.71. The highest BCUT2D eigenvalue weighted by Gasteiger charge is 2.13. The number of esters is 1. The number of carbonyl (C=O) groups excluding carboxylic acids is 2. The molecule has 0 bridgehead atoms. The fourth-order valence-corrected chi connectivity index (χ4v) is 2.28. The number of carbonyl (C=O) groups is 2. The molecule has 1 N–H and O–H groups in total. The minimum Gasteiger partial charge on any atom is -0.482 e. The molecule has 0 aliphatic heterocycles. The molecule has 0 aromatic heterocycles. The summed E-state index contributed by atoms with van der Waals surface area (Å²) in [5.41, 5.74) is 1.62. The van der Waals surface area contributed by atoms with Crippen LogP contribution in [0.15, 0.2) is 60.2 Å². The molecule has 0 heterocycles. The highest BCUT2D eigenvalue weighted by Crippen LogP contribution is 2.16. The van der Waals surface area contributed by atoms with Crippen molar-refractivity contribution in [3.8, 4) is 11.8 Å². The summed E-state index contributed by atoms with van der Waals surface area (Å²) in [7, 11) is 1.28. The van der Waals surface area contributed by atoms with Crippen LogP contribution in [0.4, 0.5) is 0 Å². The smallest absolute Gasteiger partial charge is 0.343 e. The lowest BCUT2D eigenvalue weighted by molar-refractivity contribution is -0.142. The van der Waals surface area contributed by atoms with Gasteiger partial charge in [-0.15, -0.1) is 0 Å². The molecule has 6 nitrogen and oxygen atoms in total. The molecule has 2 aromatic rings. The van der Waals surface area contributed by atoms with Gasteiger partial charge in [-0.2, -0.15) is 5.26 Å². The second-order valence-corrected chi connectivity index (χ2v) is 5.71. The normalized spacial score (nSPS) is 11.8. The number of ether oxygens (including phenoxy) is 2. The largest absolute Gasteiger partial charge is 0.482 e. The van der Waals surface area contributed by atoms with Gasteiger partial charge in [0, 0.05) is 0 Å². The molecule has 0 spiro atoms. The minimum atomic E-state index is -0.477. The summed E-state index contributed by atoms with van der Waals surface area (Å²) in [6.07, 6.45) is 1.50. The zero-order valence-corrected chi connectivity index (χ0v) is 15.1. The zero-order valence-electron chi connectivity index (χ0n) is 15.1. The number of hydrogen-bond donors (Lipinski definition) is 1. The van der Waals surface area contributed by atoms with E-state index in [4.69, 9.17) is 4.74 Å². The lowest BCUT2D eigenvalue weighted by Crippen LogP contribution is -2.27. The maximum absolute atomic E-state index is 12.4. The van der Waals surface area contributed by atoms with Crippen molar-refractivity contribution in [3.05, 3.63) is 71.3 Å². The number of benzene rings is 2. The monoisotopic (exact) mass is 364 g/mol. The Labute approximate surface area is 158 Å². The summed E-state index contributed by atoms with van der Waals surface area (Å²) in [6, 6.07) is 17.9. The molecule has 0 saturated heterocycles. The summed E-state index contributed by atoms with van der Waals surface area (Å²) >= 11 is 0. The quantitative estimate of drug-likeness (QED) is 0.463. The summed E-state index contributed by atoms with van der Waals surface area (Å²) in [5, 5.41) is 12.1. The number of rotatable bonds is 7. The van der Waals surface area contributed by atoms with Gasteiger partial charge in [0.2, 0.25) is 0 Å². The third-order valence-corrected chi connectivity index (χ3v) is 3.79. The maximum Gasteiger partial charge on any atom is 0.343 e. The van der Waals surface area contributed by atoms with Gasteiger partial charge in [-0.05, 0) is 36.3 Å². The van der Waals surface area contributed by atoms with Crippen molar-refractivity contribution in [2.45, 2.75) is 13.0 Å². The molecule has 27 heavy (non-hydrogen) atoms. The molecular weight excluding hydrogens is 344 g/mol. The van der Waals surface area contributed by atoms with Gasteiger partial charge < -0.3 is 14.8 Å². The fourth-order valence-electron chi connectivity index (χ4n) is 2.28. The first-order valence-electron chi connectivity index (χ1n) is 8.30. The SMILES string of the molecule is COC(=O)COc1ccc(/C=C(\C#N)C(=O)N[C@@H](C)c2ccccc2)cc1. The average molecular weight is 364 g/mol. The van der Waals surface area contributed by atoms with E-state index in [1.165, 1.54) is 13.2 Å². The molecule has 2 aromatic carbocycles. The maximum atomic E-state index is 12.4. The van der Waals surface area contributed by atoms with Crippen molar-refractivity contribution in [2.24, 2.45) is 0 Å². The first-order chi connectivity index (χ1) is 13.0.